The molecule has 35 heavy (non-hydrogen) atoms. The maximum absolute atomic E-state index is 14.9. The highest BCUT2D eigenvalue weighted by molar-refractivity contribution is 5.90. The zero-order chi connectivity index (χ0) is 24.5. The maximum atomic E-state index is 14.9. The monoisotopic (exact) mass is 484 g/mol. The molecule has 2 aromatic rings. The largest absolute Gasteiger partial charge is 0.459 e. The van der Waals surface area contributed by atoms with Gasteiger partial charge in [-0.25, -0.2) is 18.0 Å². The van der Waals surface area contributed by atoms with E-state index >= 15 is 0 Å². The van der Waals surface area contributed by atoms with Gasteiger partial charge in [-0.3, -0.25) is 0 Å². The number of halogens is 3. The van der Waals surface area contributed by atoms with Gasteiger partial charge in [-0.1, -0.05) is 24.3 Å². The highest BCUT2D eigenvalue weighted by Gasteiger charge is 2.31. The van der Waals surface area contributed by atoms with E-state index < -0.39 is 23.7 Å². The van der Waals surface area contributed by atoms with Gasteiger partial charge in [-0.05, 0) is 97.9 Å². The van der Waals surface area contributed by atoms with E-state index in [0.29, 0.717) is 49.3 Å². The molecule has 0 aromatic heterocycles. The van der Waals surface area contributed by atoms with E-state index in [-0.39, 0.29) is 29.3 Å². The lowest BCUT2D eigenvalue weighted by molar-refractivity contribution is 0.0188. The molecule has 0 N–H and O–H groups in total. The molecule has 0 radical (unpaired) electrons. The van der Waals surface area contributed by atoms with Crippen LogP contribution in [0.1, 0.15) is 96.4 Å². The Balaban J connectivity index is 1.18. The fourth-order valence-electron chi connectivity index (χ4n) is 5.73. The fourth-order valence-corrected chi connectivity index (χ4v) is 5.73. The van der Waals surface area contributed by atoms with Gasteiger partial charge < -0.3 is 9.47 Å². The van der Waals surface area contributed by atoms with Crippen LogP contribution < -0.4 is 0 Å². The first-order chi connectivity index (χ1) is 16.9. The number of allylic oxidation sites excluding steroid dienone is 1. The van der Waals surface area contributed by atoms with Gasteiger partial charge in [0.15, 0.2) is 11.6 Å². The van der Waals surface area contributed by atoms with Gasteiger partial charge in [-0.2, -0.15) is 0 Å². The van der Waals surface area contributed by atoms with Crippen molar-refractivity contribution in [2.45, 2.75) is 75.4 Å². The Kier molecular flexibility index (Phi) is 7.01. The van der Waals surface area contributed by atoms with Gasteiger partial charge >= 0.3 is 5.97 Å². The van der Waals surface area contributed by atoms with Crippen LogP contribution in [0.25, 0.3) is 0 Å². The van der Waals surface area contributed by atoms with Crippen molar-refractivity contribution in [1.82, 2.24) is 0 Å². The molecule has 0 amide bonds. The summed E-state index contributed by atoms with van der Waals surface area (Å²) in [6, 6.07) is 8.16. The lowest BCUT2D eigenvalue weighted by Gasteiger charge is -2.29. The quantitative estimate of drug-likeness (QED) is 0.242. The summed E-state index contributed by atoms with van der Waals surface area (Å²) in [4.78, 5) is 12.7. The first-order valence-corrected chi connectivity index (χ1v) is 12.7. The number of rotatable bonds is 6. The molecule has 3 aliphatic rings. The molecule has 1 aliphatic heterocycles. The third kappa shape index (κ3) is 5.18. The number of carbonyl (C=O) groups is 1. The zero-order valence-electron chi connectivity index (χ0n) is 19.8. The topological polar surface area (TPSA) is 38.8 Å². The molecular formula is C29H31F3O3. The molecule has 186 valence electrons. The Hall–Kier alpha value is -2.60. The summed E-state index contributed by atoms with van der Waals surface area (Å²) in [7, 11) is 0. The number of hydrogen-bond acceptors (Lipinski definition) is 3. The number of ether oxygens (including phenoxy) is 2. The predicted octanol–water partition coefficient (Wildman–Crippen LogP) is 7.52. The van der Waals surface area contributed by atoms with Crippen LogP contribution >= 0.6 is 0 Å². The molecule has 2 saturated carbocycles. The Morgan fingerprint density at radius 3 is 2.14 bits per heavy atom. The Labute approximate surface area is 204 Å². The van der Waals surface area contributed by atoms with Crippen molar-refractivity contribution in [3.8, 4) is 0 Å². The number of benzene rings is 2. The molecule has 0 bridgehead atoms. The van der Waals surface area contributed by atoms with Crippen molar-refractivity contribution in [2.24, 2.45) is 5.92 Å². The molecule has 1 saturated heterocycles. The summed E-state index contributed by atoms with van der Waals surface area (Å²) in [6.45, 7) is 4.46. The molecule has 2 aromatic carbocycles. The van der Waals surface area contributed by atoms with Crippen molar-refractivity contribution in [3.63, 3.8) is 0 Å². The van der Waals surface area contributed by atoms with Crippen LogP contribution in [-0.2, 0) is 9.47 Å². The summed E-state index contributed by atoms with van der Waals surface area (Å²) in [5.74, 6) is -2.72. The first-order valence-electron chi connectivity index (χ1n) is 12.7. The van der Waals surface area contributed by atoms with Crippen molar-refractivity contribution in [2.75, 3.05) is 6.61 Å². The Bertz CT molecular complexity index is 1090. The van der Waals surface area contributed by atoms with E-state index in [1.54, 1.807) is 6.07 Å². The molecule has 3 nitrogen and oxygen atoms in total. The second-order valence-corrected chi connectivity index (χ2v) is 10.2. The molecule has 1 unspecified atom stereocenters. The van der Waals surface area contributed by atoms with Crippen LogP contribution in [0.15, 0.2) is 43.0 Å². The van der Waals surface area contributed by atoms with E-state index in [9.17, 15) is 18.0 Å². The highest BCUT2D eigenvalue weighted by atomic mass is 19.2. The molecule has 3 fully saturated rings. The minimum absolute atomic E-state index is 0.0141. The van der Waals surface area contributed by atoms with Gasteiger partial charge in [0, 0.05) is 0 Å². The van der Waals surface area contributed by atoms with Crippen molar-refractivity contribution < 1.29 is 27.4 Å². The van der Waals surface area contributed by atoms with Gasteiger partial charge in [0.25, 0.3) is 0 Å². The smallest absolute Gasteiger partial charge is 0.341 e. The van der Waals surface area contributed by atoms with Crippen molar-refractivity contribution in [3.05, 3.63) is 82.7 Å². The van der Waals surface area contributed by atoms with E-state index in [4.69, 9.17) is 9.47 Å². The standard InChI is InChI=1S/C29H31F3O3/c1-2-17-3-5-19(6-4-17)23-13-14-24(28(32)27(23)31)29(33)35-21-10-7-18(8-11-21)22-12-9-20(15-25(22)30)26-16-34-26/h2,9,12-15,17-19,21,26H,1,3-8,10-11,16H2. The summed E-state index contributed by atoms with van der Waals surface area (Å²) >= 11 is 0. The second-order valence-electron chi connectivity index (χ2n) is 10.2. The van der Waals surface area contributed by atoms with Gasteiger partial charge in [-0.15, -0.1) is 6.58 Å². The summed E-state index contributed by atoms with van der Waals surface area (Å²) in [5.41, 5.74) is 1.50. The van der Waals surface area contributed by atoms with Crippen LogP contribution in [0, 0.1) is 23.4 Å². The van der Waals surface area contributed by atoms with Crippen LogP contribution in [-0.4, -0.2) is 18.7 Å². The number of esters is 1. The summed E-state index contributed by atoms with van der Waals surface area (Å²) in [6.07, 6.45) is 7.35. The lowest BCUT2D eigenvalue weighted by Crippen LogP contribution is -2.25. The summed E-state index contributed by atoms with van der Waals surface area (Å²) < 4.78 is 55.1. The van der Waals surface area contributed by atoms with E-state index in [0.717, 1.165) is 31.2 Å². The predicted molar refractivity (Wildman–Crippen MR) is 127 cm³/mol. The fraction of sp³-hybridized carbons (Fsp3) is 0.483. The minimum atomic E-state index is -1.13. The highest BCUT2D eigenvalue weighted by Crippen LogP contribution is 2.39. The number of hydrogen-bond donors (Lipinski definition) is 0. The van der Waals surface area contributed by atoms with Crippen molar-refractivity contribution in [1.29, 1.82) is 0 Å². The average Bonchev–Trinajstić information content (AvgIpc) is 3.72. The zero-order valence-corrected chi connectivity index (χ0v) is 19.8. The molecular weight excluding hydrogens is 453 g/mol. The number of carbonyl (C=O) groups excluding carboxylic acids is 1. The Morgan fingerprint density at radius 2 is 1.51 bits per heavy atom. The number of epoxide rings is 1. The van der Waals surface area contributed by atoms with Gasteiger partial charge in [0.1, 0.15) is 18.0 Å². The average molecular weight is 485 g/mol. The second kappa shape index (κ2) is 10.2. The van der Waals surface area contributed by atoms with Gasteiger partial charge in [0.2, 0.25) is 0 Å². The van der Waals surface area contributed by atoms with Crippen LogP contribution in [0.4, 0.5) is 13.2 Å². The molecule has 2 aliphatic carbocycles. The third-order valence-corrected chi connectivity index (χ3v) is 7.99. The SMILES string of the molecule is C=CC1CCC(c2ccc(C(=O)OC3CCC(c4ccc(C5CO5)cc4F)CC3)c(F)c2F)CC1. The summed E-state index contributed by atoms with van der Waals surface area (Å²) in [5, 5.41) is 0. The Morgan fingerprint density at radius 1 is 0.886 bits per heavy atom. The minimum Gasteiger partial charge on any atom is -0.459 e. The van der Waals surface area contributed by atoms with E-state index in [1.807, 2.05) is 18.2 Å². The molecule has 1 heterocycles. The first kappa shape index (κ1) is 24.1. The van der Waals surface area contributed by atoms with Crippen LogP contribution in [0.2, 0.25) is 0 Å². The van der Waals surface area contributed by atoms with Crippen LogP contribution in [0.5, 0.6) is 0 Å². The van der Waals surface area contributed by atoms with Crippen molar-refractivity contribution >= 4 is 5.97 Å². The lowest BCUT2D eigenvalue weighted by atomic mass is 9.78. The van der Waals surface area contributed by atoms with E-state index in [1.165, 1.54) is 12.1 Å². The molecule has 1 atom stereocenters. The van der Waals surface area contributed by atoms with E-state index in [2.05, 4.69) is 6.58 Å². The maximum Gasteiger partial charge on any atom is 0.341 e. The third-order valence-electron chi connectivity index (χ3n) is 7.99. The molecule has 0 spiro atoms. The normalized spacial score (nSPS) is 28.4. The molecule has 6 heteroatoms. The molecule has 5 rings (SSSR count). The van der Waals surface area contributed by atoms with Crippen LogP contribution in [0.3, 0.4) is 0 Å². The van der Waals surface area contributed by atoms with Gasteiger partial charge in [0.05, 0.1) is 12.2 Å².